The zero-order valence-corrected chi connectivity index (χ0v) is 12.4. The quantitative estimate of drug-likeness (QED) is 0.622. The smallest absolute Gasteiger partial charge is 0.208 e. The maximum atomic E-state index is 12.1. The normalized spacial score (nSPS) is 10.6. The van der Waals surface area contributed by atoms with Crippen LogP contribution in [0.2, 0.25) is 0 Å². The molecule has 0 aliphatic rings. The summed E-state index contributed by atoms with van der Waals surface area (Å²) >= 11 is 4.99. The number of Topliss-reactive ketones (excluding diaryl/α,β-unsaturated/α-hetero) is 1. The van der Waals surface area contributed by atoms with Crippen molar-refractivity contribution in [3.05, 3.63) is 47.0 Å². The maximum Gasteiger partial charge on any atom is 0.208 e. The fraction of sp³-hybridized carbons (Fsp3) is 0.231. The van der Waals surface area contributed by atoms with E-state index in [1.54, 1.807) is 6.20 Å². The average molecular weight is 325 g/mol. The van der Waals surface area contributed by atoms with Crippen molar-refractivity contribution >= 4 is 33.5 Å². The summed E-state index contributed by atoms with van der Waals surface area (Å²) in [5.74, 6) is 0.999. The number of nitrogens with zero attached hydrogens (tertiary/aromatic N) is 2. The van der Waals surface area contributed by atoms with E-state index in [9.17, 15) is 4.79 Å². The van der Waals surface area contributed by atoms with Crippen molar-refractivity contribution in [2.24, 2.45) is 0 Å². The Kier molecular flexibility index (Phi) is 4.60. The SMILES string of the molecule is CCn1ccnc1C(=O)CSc1ccccc1Br. The van der Waals surface area contributed by atoms with Crippen LogP contribution in [0.4, 0.5) is 0 Å². The van der Waals surface area contributed by atoms with E-state index in [-0.39, 0.29) is 5.78 Å². The van der Waals surface area contributed by atoms with Crippen LogP contribution in [0.5, 0.6) is 0 Å². The molecular weight excluding hydrogens is 312 g/mol. The highest BCUT2D eigenvalue weighted by molar-refractivity contribution is 9.10. The number of benzene rings is 1. The molecule has 0 aliphatic carbocycles. The molecule has 3 nitrogen and oxygen atoms in total. The minimum Gasteiger partial charge on any atom is -0.329 e. The molecular formula is C13H13BrN2OS. The number of halogens is 1. The van der Waals surface area contributed by atoms with Gasteiger partial charge in [-0.05, 0) is 35.0 Å². The second-order valence-electron chi connectivity index (χ2n) is 3.68. The van der Waals surface area contributed by atoms with Gasteiger partial charge in [-0.25, -0.2) is 4.98 Å². The third-order valence-electron chi connectivity index (χ3n) is 2.50. The molecule has 18 heavy (non-hydrogen) atoms. The lowest BCUT2D eigenvalue weighted by Gasteiger charge is -2.05. The molecule has 0 N–H and O–H groups in total. The zero-order valence-electron chi connectivity index (χ0n) is 9.97. The van der Waals surface area contributed by atoms with Crippen LogP contribution in [0.25, 0.3) is 0 Å². The van der Waals surface area contributed by atoms with Gasteiger partial charge in [-0.2, -0.15) is 0 Å². The Morgan fingerprint density at radius 2 is 2.22 bits per heavy atom. The van der Waals surface area contributed by atoms with Crippen LogP contribution in [0, 0.1) is 0 Å². The molecule has 0 fully saturated rings. The number of hydrogen-bond donors (Lipinski definition) is 0. The van der Waals surface area contributed by atoms with Gasteiger partial charge in [-0.1, -0.05) is 12.1 Å². The Balaban J connectivity index is 2.03. The first-order valence-corrected chi connectivity index (χ1v) is 7.42. The Hall–Kier alpha value is -1.07. The number of hydrogen-bond acceptors (Lipinski definition) is 3. The van der Waals surface area contributed by atoms with E-state index < -0.39 is 0 Å². The van der Waals surface area contributed by atoms with E-state index in [4.69, 9.17) is 0 Å². The molecule has 5 heteroatoms. The first-order chi connectivity index (χ1) is 8.72. The Bertz CT molecular complexity index is 553. The van der Waals surface area contributed by atoms with Gasteiger partial charge in [0.2, 0.25) is 5.78 Å². The Morgan fingerprint density at radius 1 is 1.44 bits per heavy atom. The van der Waals surface area contributed by atoms with E-state index in [0.717, 1.165) is 15.9 Å². The number of aromatic nitrogens is 2. The number of aryl methyl sites for hydroxylation is 1. The van der Waals surface area contributed by atoms with E-state index >= 15 is 0 Å². The van der Waals surface area contributed by atoms with E-state index in [0.29, 0.717) is 11.6 Å². The topological polar surface area (TPSA) is 34.9 Å². The highest BCUT2D eigenvalue weighted by Gasteiger charge is 2.12. The van der Waals surface area contributed by atoms with Crippen molar-refractivity contribution < 1.29 is 4.79 Å². The lowest BCUT2D eigenvalue weighted by atomic mass is 10.4. The van der Waals surface area contributed by atoms with Crippen molar-refractivity contribution in [1.82, 2.24) is 9.55 Å². The van der Waals surface area contributed by atoms with Crippen LogP contribution < -0.4 is 0 Å². The van der Waals surface area contributed by atoms with Gasteiger partial charge in [0.15, 0.2) is 5.82 Å². The maximum absolute atomic E-state index is 12.1. The van der Waals surface area contributed by atoms with Gasteiger partial charge in [0.25, 0.3) is 0 Å². The first kappa shape index (κ1) is 13.4. The number of rotatable bonds is 5. The molecule has 94 valence electrons. The van der Waals surface area contributed by atoms with Gasteiger partial charge >= 0.3 is 0 Å². The van der Waals surface area contributed by atoms with Crippen LogP contribution in [-0.2, 0) is 6.54 Å². The summed E-state index contributed by atoms with van der Waals surface area (Å²) in [6, 6.07) is 7.89. The number of ketones is 1. The van der Waals surface area contributed by atoms with Crippen LogP contribution >= 0.6 is 27.7 Å². The van der Waals surface area contributed by atoms with Crippen LogP contribution in [0.3, 0.4) is 0 Å². The minimum atomic E-state index is 0.0580. The molecule has 0 bridgehead atoms. The summed E-state index contributed by atoms with van der Waals surface area (Å²) in [4.78, 5) is 17.2. The summed E-state index contributed by atoms with van der Waals surface area (Å²) < 4.78 is 2.88. The average Bonchev–Trinajstić information content (AvgIpc) is 2.86. The van der Waals surface area contributed by atoms with Gasteiger partial charge < -0.3 is 4.57 Å². The molecule has 0 atom stereocenters. The number of imidazole rings is 1. The molecule has 0 amide bonds. The molecule has 1 aromatic carbocycles. The van der Waals surface area contributed by atoms with Gasteiger partial charge in [0.05, 0.1) is 5.75 Å². The minimum absolute atomic E-state index is 0.0580. The van der Waals surface area contributed by atoms with Crippen LogP contribution in [-0.4, -0.2) is 21.1 Å². The van der Waals surface area contributed by atoms with Gasteiger partial charge in [0, 0.05) is 28.3 Å². The van der Waals surface area contributed by atoms with Crippen molar-refractivity contribution in [2.75, 3.05) is 5.75 Å². The molecule has 1 aromatic heterocycles. The van der Waals surface area contributed by atoms with Crippen LogP contribution in [0.15, 0.2) is 46.0 Å². The Morgan fingerprint density at radius 3 is 2.94 bits per heavy atom. The Labute approximate surface area is 119 Å². The molecule has 0 saturated carbocycles. The molecule has 2 rings (SSSR count). The second kappa shape index (κ2) is 6.20. The lowest BCUT2D eigenvalue weighted by molar-refractivity contribution is 0.100. The molecule has 0 radical (unpaired) electrons. The summed E-state index contributed by atoms with van der Waals surface area (Å²) in [7, 11) is 0. The first-order valence-electron chi connectivity index (χ1n) is 5.64. The largest absolute Gasteiger partial charge is 0.329 e. The van der Waals surface area contributed by atoms with Gasteiger partial charge in [-0.3, -0.25) is 4.79 Å². The van der Waals surface area contributed by atoms with E-state index in [2.05, 4.69) is 20.9 Å². The van der Waals surface area contributed by atoms with E-state index in [1.807, 2.05) is 42.0 Å². The predicted octanol–water partition coefficient (Wildman–Crippen LogP) is 3.64. The summed E-state index contributed by atoms with van der Waals surface area (Å²) in [5, 5.41) is 0. The molecule has 0 spiro atoms. The predicted molar refractivity (Wildman–Crippen MR) is 77.1 cm³/mol. The number of carbonyl (C=O) groups excluding carboxylic acids is 1. The summed E-state index contributed by atoms with van der Waals surface area (Å²) in [6.45, 7) is 2.76. The van der Waals surface area contributed by atoms with Gasteiger partial charge in [-0.15, -0.1) is 11.8 Å². The lowest BCUT2D eigenvalue weighted by Crippen LogP contribution is -2.11. The summed E-state index contributed by atoms with van der Waals surface area (Å²) in [5.41, 5.74) is 0. The third-order valence-corrected chi connectivity index (χ3v) is 4.53. The molecule has 0 saturated heterocycles. The number of carbonyl (C=O) groups is 1. The summed E-state index contributed by atoms with van der Waals surface area (Å²) in [6.07, 6.45) is 3.50. The highest BCUT2D eigenvalue weighted by atomic mass is 79.9. The van der Waals surface area contributed by atoms with Crippen molar-refractivity contribution in [1.29, 1.82) is 0 Å². The van der Waals surface area contributed by atoms with Crippen molar-refractivity contribution in [3.63, 3.8) is 0 Å². The van der Waals surface area contributed by atoms with Crippen molar-refractivity contribution in [2.45, 2.75) is 18.4 Å². The second-order valence-corrected chi connectivity index (χ2v) is 5.55. The van der Waals surface area contributed by atoms with Gasteiger partial charge in [0.1, 0.15) is 0 Å². The fourth-order valence-corrected chi connectivity index (χ4v) is 3.01. The fourth-order valence-electron chi connectivity index (χ4n) is 1.59. The zero-order chi connectivity index (χ0) is 13.0. The monoisotopic (exact) mass is 324 g/mol. The van der Waals surface area contributed by atoms with Crippen LogP contribution in [0.1, 0.15) is 17.5 Å². The molecule has 1 heterocycles. The molecule has 0 aliphatic heterocycles. The standard InChI is InChI=1S/C13H13BrN2OS/c1-2-16-8-7-15-13(16)11(17)9-18-12-6-4-3-5-10(12)14/h3-8H,2,9H2,1H3. The molecule has 0 unspecified atom stereocenters. The highest BCUT2D eigenvalue weighted by Crippen LogP contribution is 2.27. The molecule has 2 aromatic rings. The van der Waals surface area contributed by atoms with Crippen molar-refractivity contribution in [3.8, 4) is 0 Å². The van der Waals surface area contributed by atoms with E-state index in [1.165, 1.54) is 11.8 Å². The third kappa shape index (κ3) is 3.03. The number of thioether (sulfide) groups is 1.